The van der Waals surface area contributed by atoms with Crippen LogP contribution in [0.15, 0.2) is 12.3 Å². The van der Waals surface area contributed by atoms with Crippen molar-refractivity contribution in [3.05, 3.63) is 18.0 Å². The molecule has 0 aliphatic carbocycles. The van der Waals surface area contributed by atoms with E-state index >= 15 is 0 Å². The maximum Gasteiger partial charge on any atom is 0.0518 e. The molecule has 0 saturated carbocycles. The van der Waals surface area contributed by atoms with E-state index in [-0.39, 0.29) is 0 Å². The van der Waals surface area contributed by atoms with Gasteiger partial charge in [0.25, 0.3) is 0 Å². The number of ether oxygens (including phenoxy) is 1. The highest BCUT2D eigenvalue weighted by Gasteiger charge is 1.96. The summed E-state index contributed by atoms with van der Waals surface area (Å²) in [6, 6.07) is 2.02. The molecule has 0 aromatic carbocycles. The summed E-state index contributed by atoms with van der Waals surface area (Å²) < 4.78 is 7.12. The molecule has 1 heterocycles. The van der Waals surface area contributed by atoms with Crippen LogP contribution in [-0.2, 0) is 18.3 Å². The monoisotopic (exact) mass is 197 g/mol. The van der Waals surface area contributed by atoms with E-state index in [0.29, 0.717) is 0 Å². The van der Waals surface area contributed by atoms with Crippen LogP contribution in [0.5, 0.6) is 0 Å². The molecule has 0 bridgehead atoms. The summed E-state index contributed by atoms with van der Waals surface area (Å²) in [7, 11) is 1.96. The van der Waals surface area contributed by atoms with Crippen molar-refractivity contribution >= 4 is 0 Å². The van der Waals surface area contributed by atoms with Gasteiger partial charge in [-0.15, -0.1) is 0 Å². The fourth-order valence-electron chi connectivity index (χ4n) is 1.23. The van der Waals surface area contributed by atoms with Crippen molar-refractivity contribution in [1.29, 1.82) is 0 Å². The van der Waals surface area contributed by atoms with Gasteiger partial charge in [0.2, 0.25) is 0 Å². The first-order chi connectivity index (χ1) is 6.84. The molecule has 0 saturated heterocycles. The Balaban J connectivity index is 2.02. The van der Waals surface area contributed by atoms with Crippen LogP contribution in [-0.4, -0.2) is 29.5 Å². The lowest BCUT2D eigenvalue weighted by molar-refractivity contribution is 0.144. The second-order valence-electron chi connectivity index (χ2n) is 3.17. The fraction of sp³-hybridized carbons (Fsp3) is 0.700. The number of rotatable bonds is 7. The molecule has 1 rings (SSSR count). The zero-order valence-corrected chi connectivity index (χ0v) is 8.99. The Bertz CT molecular complexity index is 247. The first kappa shape index (κ1) is 11.2. The number of aryl methyl sites for hydroxylation is 1. The molecular formula is C10H19N3O. The van der Waals surface area contributed by atoms with Crippen LogP contribution < -0.4 is 5.32 Å². The summed E-state index contributed by atoms with van der Waals surface area (Å²) in [6.45, 7) is 5.54. The number of nitrogens with zero attached hydrogens (tertiary/aromatic N) is 2. The number of aromatic nitrogens is 2. The molecule has 1 aromatic heterocycles. The van der Waals surface area contributed by atoms with Crippen LogP contribution in [0.25, 0.3) is 0 Å². The van der Waals surface area contributed by atoms with Gasteiger partial charge in [-0.05, 0) is 26.0 Å². The van der Waals surface area contributed by atoms with Crippen LogP contribution in [0.1, 0.15) is 19.0 Å². The zero-order chi connectivity index (χ0) is 10.2. The van der Waals surface area contributed by atoms with Gasteiger partial charge in [0.15, 0.2) is 0 Å². The van der Waals surface area contributed by atoms with Crippen molar-refractivity contribution in [3.8, 4) is 0 Å². The highest BCUT2D eigenvalue weighted by atomic mass is 16.5. The third-order valence-corrected chi connectivity index (χ3v) is 2.07. The molecule has 0 amide bonds. The first-order valence-electron chi connectivity index (χ1n) is 5.10. The topological polar surface area (TPSA) is 39.1 Å². The SMILES string of the molecule is CCOCCCNCc1ccnn1C. The van der Waals surface area contributed by atoms with Crippen LogP contribution in [0.4, 0.5) is 0 Å². The lowest BCUT2D eigenvalue weighted by Crippen LogP contribution is -2.18. The minimum atomic E-state index is 0.807. The predicted octanol–water partition coefficient (Wildman–Crippen LogP) is 0.936. The molecule has 0 fully saturated rings. The van der Waals surface area contributed by atoms with Gasteiger partial charge in [-0.3, -0.25) is 4.68 Å². The average molecular weight is 197 g/mol. The van der Waals surface area contributed by atoms with E-state index in [1.807, 2.05) is 30.9 Å². The molecule has 1 N–H and O–H groups in total. The van der Waals surface area contributed by atoms with E-state index in [9.17, 15) is 0 Å². The lowest BCUT2D eigenvalue weighted by atomic mass is 10.4. The molecule has 0 spiro atoms. The average Bonchev–Trinajstić information content (AvgIpc) is 2.58. The van der Waals surface area contributed by atoms with Gasteiger partial charge in [-0.25, -0.2) is 0 Å². The second-order valence-corrected chi connectivity index (χ2v) is 3.17. The Morgan fingerprint density at radius 3 is 3.07 bits per heavy atom. The van der Waals surface area contributed by atoms with E-state index in [1.165, 1.54) is 5.69 Å². The molecule has 1 aromatic rings. The quantitative estimate of drug-likeness (QED) is 0.661. The third-order valence-electron chi connectivity index (χ3n) is 2.07. The van der Waals surface area contributed by atoms with Crippen molar-refractivity contribution in [2.24, 2.45) is 7.05 Å². The van der Waals surface area contributed by atoms with E-state index in [2.05, 4.69) is 10.4 Å². The van der Waals surface area contributed by atoms with Gasteiger partial charge in [0, 0.05) is 33.0 Å². The molecule has 0 atom stereocenters. The number of hydrogen-bond acceptors (Lipinski definition) is 3. The molecule has 0 unspecified atom stereocenters. The van der Waals surface area contributed by atoms with Gasteiger partial charge in [0.1, 0.15) is 0 Å². The maximum atomic E-state index is 5.24. The van der Waals surface area contributed by atoms with Crippen molar-refractivity contribution in [1.82, 2.24) is 15.1 Å². The lowest BCUT2D eigenvalue weighted by Gasteiger charge is -2.05. The first-order valence-corrected chi connectivity index (χ1v) is 5.10. The van der Waals surface area contributed by atoms with Crippen LogP contribution >= 0.6 is 0 Å². The molecular weight excluding hydrogens is 178 g/mol. The minimum absolute atomic E-state index is 0.807. The van der Waals surface area contributed by atoms with Crippen LogP contribution in [0.3, 0.4) is 0 Å². The summed E-state index contributed by atoms with van der Waals surface area (Å²) in [5, 5.41) is 7.44. The fourth-order valence-corrected chi connectivity index (χ4v) is 1.23. The third kappa shape index (κ3) is 3.89. The molecule has 14 heavy (non-hydrogen) atoms. The smallest absolute Gasteiger partial charge is 0.0518 e. The summed E-state index contributed by atoms with van der Waals surface area (Å²) in [4.78, 5) is 0. The molecule has 0 aliphatic heterocycles. The summed E-state index contributed by atoms with van der Waals surface area (Å²) in [5.74, 6) is 0. The highest BCUT2D eigenvalue weighted by Crippen LogP contribution is 1.94. The number of hydrogen-bond donors (Lipinski definition) is 1. The van der Waals surface area contributed by atoms with Crippen LogP contribution in [0, 0.1) is 0 Å². The molecule has 0 radical (unpaired) electrons. The van der Waals surface area contributed by atoms with E-state index in [0.717, 1.165) is 32.7 Å². The van der Waals surface area contributed by atoms with Gasteiger partial charge >= 0.3 is 0 Å². The Morgan fingerprint density at radius 2 is 2.43 bits per heavy atom. The van der Waals surface area contributed by atoms with Gasteiger partial charge < -0.3 is 10.1 Å². The van der Waals surface area contributed by atoms with Gasteiger partial charge in [-0.2, -0.15) is 5.10 Å². The zero-order valence-electron chi connectivity index (χ0n) is 8.99. The Kier molecular flexibility index (Phi) is 5.25. The van der Waals surface area contributed by atoms with Crippen molar-refractivity contribution in [2.75, 3.05) is 19.8 Å². The van der Waals surface area contributed by atoms with Crippen LogP contribution in [0.2, 0.25) is 0 Å². The minimum Gasteiger partial charge on any atom is -0.382 e. The van der Waals surface area contributed by atoms with Crippen molar-refractivity contribution in [3.63, 3.8) is 0 Å². The summed E-state index contributed by atoms with van der Waals surface area (Å²) >= 11 is 0. The van der Waals surface area contributed by atoms with E-state index in [4.69, 9.17) is 4.74 Å². The summed E-state index contributed by atoms with van der Waals surface area (Å²) in [6.07, 6.45) is 2.88. The van der Waals surface area contributed by atoms with E-state index in [1.54, 1.807) is 0 Å². The van der Waals surface area contributed by atoms with Gasteiger partial charge in [0.05, 0.1) is 5.69 Å². The van der Waals surface area contributed by atoms with Crippen molar-refractivity contribution in [2.45, 2.75) is 19.9 Å². The Hall–Kier alpha value is -0.870. The Labute approximate surface area is 85.3 Å². The maximum absolute atomic E-state index is 5.24. The molecule has 80 valence electrons. The van der Waals surface area contributed by atoms with E-state index < -0.39 is 0 Å². The molecule has 4 heteroatoms. The molecule has 4 nitrogen and oxygen atoms in total. The highest BCUT2D eigenvalue weighted by molar-refractivity contribution is 4.98. The Morgan fingerprint density at radius 1 is 1.57 bits per heavy atom. The second kappa shape index (κ2) is 6.56. The standard InChI is InChI=1S/C10H19N3O/c1-3-14-8-4-6-11-9-10-5-7-12-13(10)2/h5,7,11H,3-4,6,8-9H2,1-2H3. The van der Waals surface area contributed by atoms with Crippen molar-refractivity contribution < 1.29 is 4.74 Å². The summed E-state index contributed by atoms with van der Waals surface area (Å²) in [5.41, 5.74) is 1.21. The molecule has 0 aliphatic rings. The predicted molar refractivity (Wildman–Crippen MR) is 56.0 cm³/mol. The number of nitrogens with one attached hydrogen (secondary N) is 1. The van der Waals surface area contributed by atoms with Gasteiger partial charge in [-0.1, -0.05) is 0 Å². The normalized spacial score (nSPS) is 10.7. The largest absolute Gasteiger partial charge is 0.382 e.